The Morgan fingerprint density at radius 3 is 2.67 bits per heavy atom. The molecule has 5 nitrogen and oxygen atoms in total. The van der Waals surface area contributed by atoms with Crippen LogP contribution in [0.1, 0.15) is 39.2 Å². The molecule has 0 aromatic heterocycles. The van der Waals surface area contributed by atoms with Crippen molar-refractivity contribution in [3.63, 3.8) is 0 Å². The molecule has 0 aliphatic carbocycles. The molecule has 1 rings (SSSR count). The molecule has 0 aliphatic heterocycles. The predicted molar refractivity (Wildman–Crippen MR) is 84.9 cm³/mol. The number of carbonyl (C=O) groups excluding carboxylic acids is 1. The number of benzene rings is 1. The van der Waals surface area contributed by atoms with Crippen LogP contribution >= 0.6 is 0 Å². The molecular formula is C16H26N2O3. The molecule has 0 spiro atoms. The number of nitrogens with one attached hydrogen (secondary N) is 2. The van der Waals surface area contributed by atoms with Crippen LogP contribution in [0.4, 0.5) is 10.5 Å². The Balaban J connectivity index is 2.78. The van der Waals surface area contributed by atoms with E-state index in [-0.39, 0.29) is 12.6 Å². The van der Waals surface area contributed by atoms with E-state index < -0.39 is 5.54 Å². The van der Waals surface area contributed by atoms with Crippen molar-refractivity contribution in [3.05, 3.63) is 23.8 Å². The molecule has 0 saturated heterocycles. The molecule has 1 aromatic carbocycles. The lowest BCUT2D eigenvalue weighted by Gasteiger charge is -2.29. The second-order valence-corrected chi connectivity index (χ2v) is 5.40. The van der Waals surface area contributed by atoms with Gasteiger partial charge in [-0.15, -0.1) is 0 Å². The van der Waals surface area contributed by atoms with Crippen LogP contribution in [-0.4, -0.2) is 29.9 Å². The van der Waals surface area contributed by atoms with Gasteiger partial charge in [-0.05, 0) is 51.3 Å². The normalized spacial score (nSPS) is 13.4. The summed E-state index contributed by atoms with van der Waals surface area (Å²) in [4.78, 5) is 12.1. The molecule has 118 valence electrons. The fraction of sp³-hybridized carbons (Fsp3) is 0.562. The van der Waals surface area contributed by atoms with Gasteiger partial charge in [0.25, 0.3) is 0 Å². The van der Waals surface area contributed by atoms with Crippen LogP contribution in [0.5, 0.6) is 5.75 Å². The number of amides is 2. The van der Waals surface area contributed by atoms with Crippen molar-refractivity contribution in [2.75, 3.05) is 18.5 Å². The summed E-state index contributed by atoms with van der Waals surface area (Å²) in [5, 5.41) is 14.8. The van der Waals surface area contributed by atoms with Gasteiger partial charge in [-0.2, -0.15) is 0 Å². The van der Waals surface area contributed by atoms with Gasteiger partial charge in [-0.3, -0.25) is 0 Å². The Morgan fingerprint density at radius 1 is 1.38 bits per heavy atom. The van der Waals surface area contributed by atoms with Crippen molar-refractivity contribution < 1.29 is 14.6 Å². The second-order valence-electron chi connectivity index (χ2n) is 5.40. The van der Waals surface area contributed by atoms with E-state index in [0.717, 1.165) is 12.0 Å². The van der Waals surface area contributed by atoms with Gasteiger partial charge in [-0.1, -0.05) is 13.0 Å². The highest BCUT2D eigenvalue weighted by atomic mass is 16.5. The quantitative estimate of drug-likeness (QED) is 0.724. The average molecular weight is 294 g/mol. The topological polar surface area (TPSA) is 70.6 Å². The summed E-state index contributed by atoms with van der Waals surface area (Å²) >= 11 is 0. The monoisotopic (exact) mass is 294 g/mol. The number of aryl methyl sites for hydroxylation is 1. The molecule has 0 fully saturated rings. The van der Waals surface area contributed by atoms with Gasteiger partial charge in [0.2, 0.25) is 0 Å². The SMILES string of the molecule is CCOc1cc(C)ccc1NC(=O)NC(C)(CC)CCO. The number of ether oxygens (including phenoxy) is 1. The summed E-state index contributed by atoms with van der Waals surface area (Å²) < 4.78 is 5.54. The summed E-state index contributed by atoms with van der Waals surface area (Å²) in [6, 6.07) is 5.35. The number of aliphatic hydroxyl groups excluding tert-OH is 1. The van der Waals surface area contributed by atoms with E-state index in [1.165, 1.54) is 0 Å². The summed E-state index contributed by atoms with van der Waals surface area (Å²) in [6.07, 6.45) is 1.26. The molecule has 1 aromatic rings. The lowest BCUT2D eigenvalue weighted by Crippen LogP contribution is -2.48. The highest BCUT2D eigenvalue weighted by Crippen LogP contribution is 2.26. The van der Waals surface area contributed by atoms with Crippen LogP contribution in [0.2, 0.25) is 0 Å². The first-order valence-electron chi connectivity index (χ1n) is 7.37. The molecule has 0 heterocycles. The van der Waals surface area contributed by atoms with Crippen molar-refractivity contribution in [2.45, 2.75) is 46.1 Å². The number of hydrogen-bond donors (Lipinski definition) is 3. The van der Waals surface area contributed by atoms with Gasteiger partial charge >= 0.3 is 6.03 Å². The zero-order valence-corrected chi connectivity index (χ0v) is 13.3. The number of aliphatic hydroxyl groups is 1. The van der Waals surface area contributed by atoms with E-state index in [9.17, 15) is 4.79 Å². The first-order chi connectivity index (χ1) is 9.94. The number of hydrogen-bond acceptors (Lipinski definition) is 3. The minimum atomic E-state index is -0.421. The van der Waals surface area contributed by atoms with Crippen LogP contribution in [0, 0.1) is 6.92 Å². The predicted octanol–water partition coefficient (Wildman–Crippen LogP) is 3.07. The second kappa shape index (κ2) is 7.88. The molecular weight excluding hydrogens is 268 g/mol. The van der Waals surface area contributed by atoms with E-state index in [1.54, 1.807) is 0 Å². The lowest BCUT2D eigenvalue weighted by molar-refractivity contribution is 0.208. The third-order valence-electron chi connectivity index (χ3n) is 3.54. The Bertz CT molecular complexity index is 477. The van der Waals surface area contributed by atoms with Gasteiger partial charge < -0.3 is 20.5 Å². The molecule has 0 bridgehead atoms. The first-order valence-corrected chi connectivity index (χ1v) is 7.37. The van der Waals surface area contributed by atoms with Gasteiger partial charge in [0, 0.05) is 12.1 Å². The maximum atomic E-state index is 12.1. The van der Waals surface area contributed by atoms with Crippen LogP contribution in [0.3, 0.4) is 0 Å². The van der Waals surface area contributed by atoms with Crippen LogP contribution in [-0.2, 0) is 0 Å². The molecule has 0 aliphatic rings. The van der Waals surface area contributed by atoms with Gasteiger partial charge in [0.15, 0.2) is 0 Å². The molecule has 1 atom stereocenters. The molecule has 1 unspecified atom stereocenters. The zero-order valence-electron chi connectivity index (χ0n) is 13.3. The fourth-order valence-electron chi connectivity index (χ4n) is 2.01. The fourth-order valence-corrected chi connectivity index (χ4v) is 2.01. The standard InChI is InChI=1S/C16H26N2O3/c1-5-16(4,9-10-19)18-15(20)17-13-8-7-12(3)11-14(13)21-6-2/h7-8,11,19H,5-6,9-10H2,1-4H3,(H2,17,18,20). The first kappa shape index (κ1) is 17.3. The number of rotatable bonds is 7. The molecule has 21 heavy (non-hydrogen) atoms. The largest absolute Gasteiger partial charge is 0.492 e. The van der Waals surface area contributed by atoms with E-state index in [0.29, 0.717) is 24.5 Å². The third kappa shape index (κ3) is 5.27. The average Bonchev–Trinajstić information content (AvgIpc) is 2.42. The van der Waals surface area contributed by atoms with Crippen molar-refractivity contribution in [1.29, 1.82) is 0 Å². The maximum absolute atomic E-state index is 12.1. The summed E-state index contributed by atoms with van der Waals surface area (Å²) in [5.74, 6) is 0.660. The Morgan fingerprint density at radius 2 is 2.10 bits per heavy atom. The highest BCUT2D eigenvalue weighted by molar-refractivity contribution is 5.91. The number of carbonyl (C=O) groups is 1. The summed E-state index contributed by atoms with van der Waals surface area (Å²) in [6.45, 7) is 8.36. The van der Waals surface area contributed by atoms with Crippen molar-refractivity contribution in [3.8, 4) is 5.75 Å². The van der Waals surface area contributed by atoms with Gasteiger partial charge in [0.05, 0.1) is 12.3 Å². The van der Waals surface area contributed by atoms with Crippen molar-refractivity contribution in [2.24, 2.45) is 0 Å². The minimum absolute atomic E-state index is 0.0410. The highest BCUT2D eigenvalue weighted by Gasteiger charge is 2.24. The molecule has 0 saturated carbocycles. The molecule has 0 radical (unpaired) electrons. The summed E-state index contributed by atoms with van der Waals surface area (Å²) in [7, 11) is 0. The number of urea groups is 1. The molecule has 5 heteroatoms. The van der Waals surface area contributed by atoms with Crippen molar-refractivity contribution >= 4 is 11.7 Å². The molecule has 2 amide bonds. The Kier molecular flexibility index (Phi) is 6.49. The van der Waals surface area contributed by atoms with E-state index in [1.807, 2.05) is 45.9 Å². The number of anilines is 1. The Labute approximate surface area is 126 Å². The van der Waals surface area contributed by atoms with Gasteiger partial charge in [0.1, 0.15) is 5.75 Å². The minimum Gasteiger partial charge on any atom is -0.492 e. The Hall–Kier alpha value is -1.75. The van der Waals surface area contributed by atoms with Crippen LogP contribution in [0.25, 0.3) is 0 Å². The maximum Gasteiger partial charge on any atom is 0.319 e. The summed E-state index contributed by atoms with van der Waals surface area (Å²) in [5.41, 5.74) is 1.29. The molecule has 3 N–H and O–H groups in total. The van der Waals surface area contributed by atoms with Gasteiger partial charge in [-0.25, -0.2) is 4.79 Å². The lowest BCUT2D eigenvalue weighted by atomic mass is 9.95. The zero-order chi connectivity index (χ0) is 15.9. The van der Waals surface area contributed by atoms with E-state index in [4.69, 9.17) is 9.84 Å². The van der Waals surface area contributed by atoms with E-state index in [2.05, 4.69) is 10.6 Å². The van der Waals surface area contributed by atoms with Crippen LogP contribution in [0.15, 0.2) is 18.2 Å². The smallest absolute Gasteiger partial charge is 0.319 e. The van der Waals surface area contributed by atoms with Crippen molar-refractivity contribution in [1.82, 2.24) is 5.32 Å². The van der Waals surface area contributed by atoms with Crippen LogP contribution < -0.4 is 15.4 Å². The third-order valence-corrected chi connectivity index (χ3v) is 3.54. The van der Waals surface area contributed by atoms with E-state index >= 15 is 0 Å².